The van der Waals surface area contributed by atoms with Gasteiger partial charge < -0.3 is 15.4 Å². The van der Waals surface area contributed by atoms with E-state index in [2.05, 4.69) is 12.1 Å². The third-order valence-electron chi connectivity index (χ3n) is 5.02. The van der Waals surface area contributed by atoms with Crippen molar-refractivity contribution in [3.05, 3.63) is 95.2 Å². The molecule has 0 atom stereocenters. The van der Waals surface area contributed by atoms with E-state index < -0.39 is 0 Å². The van der Waals surface area contributed by atoms with Crippen molar-refractivity contribution in [3.63, 3.8) is 0 Å². The molecule has 3 aromatic rings. The standard InChI is InChI=1S/C25H24N2O2/c1-18-9-11-20(12-10-18)16-24-25(28)27(15-5-8-19-6-3-2-4-7-19)22-14-13-21(26)17-23(22)29-24/h2-4,6-7,9-14,16-17H,5,8,15,26H2,1H3/b24-16+. The second kappa shape index (κ2) is 8.23. The maximum absolute atomic E-state index is 13.2. The minimum Gasteiger partial charge on any atom is -0.449 e. The van der Waals surface area contributed by atoms with E-state index in [1.165, 1.54) is 11.1 Å². The second-order valence-electron chi connectivity index (χ2n) is 7.29. The smallest absolute Gasteiger partial charge is 0.294 e. The number of hydrogen-bond donors (Lipinski definition) is 1. The molecule has 3 aromatic carbocycles. The van der Waals surface area contributed by atoms with E-state index >= 15 is 0 Å². The molecule has 2 N–H and O–H groups in total. The summed E-state index contributed by atoms with van der Waals surface area (Å²) in [6.45, 7) is 2.64. The molecule has 0 aliphatic carbocycles. The number of aryl methyl sites for hydroxylation is 2. The zero-order valence-corrected chi connectivity index (χ0v) is 16.5. The molecule has 4 heteroatoms. The highest BCUT2D eigenvalue weighted by atomic mass is 16.5. The van der Waals surface area contributed by atoms with Gasteiger partial charge in [0, 0.05) is 18.3 Å². The molecule has 146 valence electrons. The van der Waals surface area contributed by atoms with Crippen LogP contribution in [0, 0.1) is 6.92 Å². The van der Waals surface area contributed by atoms with Gasteiger partial charge in [-0.2, -0.15) is 0 Å². The Balaban J connectivity index is 1.60. The molecule has 0 aromatic heterocycles. The molecule has 0 fully saturated rings. The molecule has 4 nitrogen and oxygen atoms in total. The van der Waals surface area contributed by atoms with E-state index in [0.29, 0.717) is 23.7 Å². The summed E-state index contributed by atoms with van der Waals surface area (Å²) in [6.07, 6.45) is 3.56. The normalized spacial score (nSPS) is 14.6. The summed E-state index contributed by atoms with van der Waals surface area (Å²) in [6, 6.07) is 23.7. The molecule has 29 heavy (non-hydrogen) atoms. The first-order chi connectivity index (χ1) is 14.1. The Bertz CT molecular complexity index is 1040. The summed E-state index contributed by atoms with van der Waals surface area (Å²) in [5.41, 5.74) is 10.7. The Labute approximate surface area is 171 Å². The fourth-order valence-corrected chi connectivity index (χ4v) is 3.45. The van der Waals surface area contributed by atoms with Crippen LogP contribution in [0.2, 0.25) is 0 Å². The average Bonchev–Trinajstić information content (AvgIpc) is 2.73. The van der Waals surface area contributed by atoms with Crippen LogP contribution in [-0.2, 0) is 11.2 Å². The first-order valence-electron chi connectivity index (χ1n) is 9.82. The second-order valence-corrected chi connectivity index (χ2v) is 7.29. The van der Waals surface area contributed by atoms with E-state index in [1.807, 2.05) is 55.5 Å². The van der Waals surface area contributed by atoms with Gasteiger partial charge in [0.25, 0.3) is 5.91 Å². The van der Waals surface area contributed by atoms with Gasteiger partial charge in [0.05, 0.1) is 5.69 Å². The van der Waals surface area contributed by atoms with Crippen molar-refractivity contribution < 1.29 is 9.53 Å². The predicted octanol–water partition coefficient (Wildman–Crippen LogP) is 4.98. The van der Waals surface area contributed by atoms with Gasteiger partial charge in [0.15, 0.2) is 11.5 Å². The number of rotatable bonds is 5. The molecular formula is C25H24N2O2. The Morgan fingerprint density at radius 3 is 2.52 bits per heavy atom. The van der Waals surface area contributed by atoms with Crippen LogP contribution in [0.25, 0.3) is 6.08 Å². The van der Waals surface area contributed by atoms with Crippen molar-refractivity contribution in [2.45, 2.75) is 19.8 Å². The monoisotopic (exact) mass is 384 g/mol. The lowest BCUT2D eigenvalue weighted by Gasteiger charge is -2.30. The molecule has 0 saturated carbocycles. The summed E-state index contributed by atoms with van der Waals surface area (Å²) in [5, 5.41) is 0. The fourth-order valence-electron chi connectivity index (χ4n) is 3.45. The fraction of sp³-hybridized carbons (Fsp3) is 0.160. The average molecular weight is 384 g/mol. The number of fused-ring (bicyclic) bond motifs is 1. The molecule has 1 aliphatic rings. The highest BCUT2D eigenvalue weighted by Gasteiger charge is 2.30. The zero-order valence-electron chi connectivity index (χ0n) is 16.5. The quantitative estimate of drug-likeness (QED) is 0.499. The largest absolute Gasteiger partial charge is 0.449 e. The van der Waals surface area contributed by atoms with E-state index in [9.17, 15) is 4.79 Å². The van der Waals surface area contributed by atoms with Crippen molar-refractivity contribution in [2.75, 3.05) is 17.2 Å². The Morgan fingerprint density at radius 2 is 1.76 bits per heavy atom. The SMILES string of the molecule is Cc1ccc(/C=C2/Oc3cc(N)ccc3N(CCCc3ccccc3)C2=O)cc1. The third-order valence-corrected chi connectivity index (χ3v) is 5.02. The van der Waals surface area contributed by atoms with Gasteiger partial charge in [-0.25, -0.2) is 0 Å². The molecule has 1 heterocycles. The van der Waals surface area contributed by atoms with Crippen LogP contribution in [-0.4, -0.2) is 12.5 Å². The molecule has 0 saturated heterocycles. The van der Waals surface area contributed by atoms with Crippen LogP contribution < -0.4 is 15.4 Å². The van der Waals surface area contributed by atoms with E-state index in [0.717, 1.165) is 24.1 Å². The molecule has 0 bridgehead atoms. The summed E-state index contributed by atoms with van der Waals surface area (Å²) in [7, 11) is 0. The van der Waals surface area contributed by atoms with Gasteiger partial charge in [-0.1, -0.05) is 60.2 Å². The number of benzene rings is 3. The van der Waals surface area contributed by atoms with Gasteiger partial charge in [-0.3, -0.25) is 4.79 Å². The Kier molecular flexibility index (Phi) is 5.34. The first kappa shape index (κ1) is 18.8. The van der Waals surface area contributed by atoms with E-state index in [1.54, 1.807) is 23.1 Å². The molecule has 0 spiro atoms. The predicted molar refractivity (Wildman–Crippen MR) is 118 cm³/mol. The number of carbonyl (C=O) groups is 1. The highest BCUT2D eigenvalue weighted by Crippen LogP contribution is 2.37. The molecular weight excluding hydrogens is 360 g/mol. The van der Waals surface area contributed by atoms with Gasteiger partial charge in [0.2, 0.25) is 0 Å². The lowest BCUT2D eigenvalue weighted by molar-refractivity contribution is -0.117. The third kappa shape index (κ3) is 4.32. The van der Waals surface area contributed by atoms with Crippen LogP contribution in [0.4, 0.5) is 11.4 Å². The van der Waals surface area contributed by atoms with Crippen LogP contribution in [0.3, 0.4) is 0 Å². The summed E-state index contributed by atoms with van der Waals surface area (Å²) < 4.78 is 5.94. The van der Waals surface area contributed by atoms with Gasteiger partial charge in [-0.05, 0) is 49.1 Å². The molecule has 0 unspecified atom stereocenters. The van der Waals surface area contributed by atoms with Crippen LogP contribution in [0.15, 0.2) is 78.6 Å². The number of carbonyl (C=O) groups excluding carboxylic acids is 1. The van der Waals surface area contributed by atoms with Crippen molar-refractivity contribution in [2.24, 2.45) is 0 Å². The minimum atomic E-state index is -0.129. The number of nitrogens with two attached hydrogens (primary N) is 1. The number of nitrogens with zero attached hydrogens (tertiary/aromatic N) is 1. The van der Waals surface area contributed by atoms with Gasteiger partial charge >= 0.3 is 0 Å². The van der Waals surface area contributed by atoms with Crippen LogP contribution >= 0.6 is 0 Å². The number of ether oxygens (including phenoxy) is 1. The van der Waals surface area contributed by atoms with Gasteiger partial charge in [-0.15, -0.1) is 0 Å². The van der Waals surface area contributed by atoms with Crippen molar-refractivity contribution >= 4 is 23.4 Å². The lowest BCUT2D eigenvalue weighted by atomic mass is 10.1. The number of hydrogen-bond acceptors (Lipinski definition) is 3. The lowest BCUT2D eigenvalue weighted by Crippen LogP contribution is -2.38. The number of nitrogen functional groups attached to an aromatic ring is 1. The Morgan fingerprint density at radius 1 is 1.00 bits per heavy atom. The van der Waals surface area contributed by atoms with Crippen molar-refractivity contribution in [1.82, 2.24) is 0 Å². The highest BCUT2D eigenvalue weighted by molar-refractivity contribution is 6.10. The summed E-state index contributed by atoms with van der Waals surface area (Å²) in [4.78, 5) is 15.0. The maximum Gasteiger partial charge on any atom is 0.294 e. The van der Waals surface area contributed by atoms with E-state index in [4.69, 9.17) is 10.5 Å². The van der Waals surface area contributed by atoms with E-state index in [-0.39, 0.29) is 5.91 Å². The molecule has 1 aliphatic heterocycles. The van der Waals surface area contributed by atoms with Crippen molar-refractivity contribution in [3.8, 4) is 5.75 Å². The summed E-state index contributed by atoms with van der Waals surface area (Å²) >= 11 is 0. The maximum atomic E-state index is 13.2. The zero-order chi connectivity index (χ0) is 20.2. The van der Waals surface area contributed by atoms with Crippen LogP contribution in [0.1, 0.15) is 23.1 Å². The summed E-state index contributed by atoms with van der Waals surface area (Å²) in [5.74, 6) is 0.797. The molecule has 4 rings (SSSR count). The van der Waals surface area contributed by atoms with Crippen LogP contribution in [0.5, 0.6) is 5.75 Å². The first-order valence-corrected chi connectivity index (χ1v) is 9.82. The molecule has 1 amide bonds. The number of anilines is 2. The molecule has 0 radical (unpaired) electrons. The van der Waals surface area contributed by atoms with Crippen molar-refractivity contribution in [1.29, 1.82) is 0 Å². The van der Waals surface area contributed by atoms with Gasteiger partial charge in [0.1, 0.15) is 0 Å². The minimum absolute atomic E-state index is 0.129. The Hall–Kier alpha value is -3.53. The number of amides is 1. The topological polar surface area (TPSA) is 55.6 Å².